The molecule has 0 aromatic rings. The molecule has 0 saturated carbocycles. The zero-order valence-electron chi connectivity index (χ0n) is 46.0. The Labute approximate surface area is 459 Å². The van der Waals surface area contributed by atoms with Crippen molar-refractivity contribution in [1.29, 1.82) is 0 Å². The molecule has 0 aromatic heterocycles. The van der Waals surface area contributed by atoms with Crippen molar-refractivity contribution in [2.45, 2.75) is 201 Å². The Kier molecular flexibility index (Phi) is 31.0. The number of amides is 3. The van der Waals surface area contributed by atoms with Gasteiger partial charge in [0.05, 0.1) is 93.3 Å². The Morgan fingerprint density at radius 1 is 0.718 bits per heavy atom. The number of aliphatic hydroxyl groups is 9. The number of aliphatic hydroxyl groups excluding tert-OH is 9. The lowest BCUT2D eigenvalue weighted by atomic mass is 9.86. The highest BCUT2D eigenvalue weighted by atomic mass is 28.3. The van der Waals surface area contributed by atoms with Crippen LogP contribution in [0, 0.1) is 5.92 Å². The first-order chi connectivity index (χ1) is 36.9. The Morgan fingerprint density at radius 3 is 1.96 bits per heavy atom. The van der Waals surface area contributed by atoms with E-state index in [1.54, 1.807) is 73.8 Å². The molecule has 2 saturated heterocycles. The molecule has 21 nitrogen and oxygen atoms in total. The second-order valence-corrected chi connectivity index (χ2v) is 27.1. The second kappa shape index (κ2) is 35.5. The highest BCUT2D eigenvalue weighted by Gasteiger charge is 2.50. The first-order valence-electron chi connectivity index (χ1n) is 27.0. The van der Waals surface area contributed by atoms with Gasteiger partial charge >= 0.3 is 18.1 Å². The lowest BCUT2D eigenvalue weighted by Crippen LogP contribution is -2.64. The van der Waals surface area contributed by atoms with Crippen molar-refractivity contribution in [3.63, 3.8) is 0 Å². The van der Waals surface area contributed by atoms with Crippen molar-refractivity contribution in [2.24, 2.45) is 5.92 Å². The van der Waals surface area contributed by atoms with Crippen molar-refractivity contribution in [1.82, 2.24) is 16.0 Å². The van der Waals surface area contributed by atoms with Crippen LogP contribution in [0.3, 0.4) is 0 Å². The smallest absolute Gasteiger partial charge is 0.407 e. The highest BCUT2D eigenvalue weighted by Crippen LogP contribution is 2.37. The average molecular weight is 1130 g/mol. The third-order valence-electron chi connectivity index (χ3n) is 13.3. The monoisotopic (exact) mass is 1130 g/mol. The van der Waals surface area contributed by atoms with Gasteiger partial charge in [-0.25, -0.2) is 9.59 Å². The van der Waals surface area contributed by atoms with E-state index in [-0.39, 0.29) is 77.0 Å². The minimum atomic E-state index is -1.79. The predicted molar refractivity (Wildman–Crippen MR) is 291 cm³/mol. The third-order valence-corrected chi connectivity index (χ3v) is 15.0. The Bertz CT molecular complexity index is 1990. The summed E-state index contributed by atoms with van der Waals surface area (Å²) in [5.41, 5.74) is 0. The Morgan fingerprint density at radius 2 is 1.35 bits per heavy atom. The van der Waals surface area contributed by atoms with Gasteiger partial charge in [-0.3, -0.25) is 9.18 Å². The summed E-state index contributed by atoms with van der Waals surface area (Å²) in [5, 5.41) is 107. The van der Waals surface area contributed by atoms with Crippen LogP contribution in [0.1, 0.15) is 78.1 Å². The SMILES string of the molecule is CO[C@]12C[C@@H](O)C[C@@H](O)[C@H](O)CC[C@@H](O)C[C@@H](O)CC(=O)O[C@@H](C)C[C@H](O)[C@@H](C)/C=C/C=C/C=C/C=C/C=C/C=C/C=C/[C@H](O[C@@H]3OC[C@@H](O)[C@H](NC(=O)OCC[Si](C)(C)C)[C@@H]3O)C[C@H](O1)[C@H](NC(=O)NCCCF)[C@@H](O)C2. The van der Waals surface area contributed by atoms with Crippen LogP contribution in [0.2, 0.25) is 25.7 Å². The summed E-state index contributed by atoms with van der Waals surface area (Å²) in [6, 6.07) is -2.55. The number of esters is 1. The van der Waals surface area contributed by atoms with E-state index in [0.29, 0.717) is 6.04 Å². The number of alkyl halides is 1. The summed E-state index contributed by atoms with van der Waals surface area (Å²) in [6.45, 7) is 8.86. The number of nitrogens with one attached hydrogen (secondary N) is 3. The first-order valence-corrected chi connectivity index (χ1v) is 30.7. The number of alkyl carbamates (subject to hydrolysis) is 1. The number of methoxy groups -OCH3 is 1. The van der Waals surface area contributed by atoms with Crippen LogP contribution in [0.25, 0.3) is 0 Å². The molecule has 3 rings (SSSR count). The zero-order chi connectivity index (χ0) is 57.8. The molecule has 0 aromatic carbocycles. The van der Waals surface area contributed by atoms with Crippen LogP contribution < -0.4 is 16.0 Å². The summed E-state index contributed by atoms with van der Waals surface area (Å²) in [6.07, 6.45) is 4.98. The summed E-state index contributed by atoms with van der Waals surface area (Å²) >= 11 is 0. The van der Waals surface area contributed by atoms with E-state index in [0.717, 1.165) is 0 Å². The molecule has 12 N–H and O–H groups in total. The van der Waals surface area contributed by atoms with Gasteiger partial charge in [0, 0.05) is 59.8 Å². The fourth-order valence-electron chi connectivity index (χ4n) is 8.81. The lowest BCUT2D eigenvalue weighted by Gasteiger charge is -2.48. The molecular formula is C55H90FN3O18Si. The minimum absolute atomic E-state index is 0.0246. The molecule has 0 radical (unpaired) electrons. The molecular weight excluding hydrogens is 1040 g/mol. The normalized spacial score (nSPS) is 38.0. The topological polar surface area (TPSA) is 325 Å². The molecule has 0 unspecified atom stereocenters. The van der Waals surface area contributed by atoms with Crippen molar-refractivity contribution in [3.05, 3.63) is 85.1 Å². The number of carbonyl (C=O) groups excluding carboxylic acids is 3. The first kappa shape index (κ1) is 68.1. The maximum absolute atomic E-state index is 13.2. The van der Waals surface area contributed by atoms with Crippen molar-refractivity contribution in [3.8, 4) is 0 Å². The predicted octanol–water partition coefficient (Wildman–Crippen LogP) is 3.16. The maximum Gasteiger partial charge on any atom is 0.407 e. The number of hydrogen-bond acceptors (Lipinski definition) is 18. The van der Waals surface area contributed by atoms with Crippen LogP contribution in [0.4, 0.5) is 14.0 Å². The van der Waals surface area contributed by atoms with Crippen LogP contribution in [-0.4, -0.2) is 203 Å². The van der Waals surface area contributed by atoms with Gasteiger partial charge in [0.2, 0.25) is 0 Å². The van der Waals surface area contributed by atoms with Gasteiger partial charge in [-0.1, -0.05) is 112 Å². The summed E-state index contributed by atoms with van der Waals surface area (Å²) in [7, 11) is -0.289. The van der Waals surface area contributed by atoms with Crippen molar-refractivity contribution < 1.29 is 93.2 Å². The number of carbonyl (C=O) groups is 3. The number of ether oxygens (including phenoxy) is 6. The molecule has 23 heteroatoms. The molecule has 0 aliphatic carbocycles. The van der Waals surface area contributed by atoms with Gasteiger partial charge in [-0.05, 0) is 38.7 Å². The van der Waals surface area contributed by atoms with Gasteiger partial charge in [-0.15, -0.1) is 0 Å². The molecule has 17 atom stereocenters. The summed E-state index contributed by atoms with van der Waals surface area (Å²) < 4.78 is 48.3. The van der Waals surface area contributed by atoms with Crippen LogP contribution >= 0.6 is 0 Å². The molecule has 444 valence electrons. The van der Waals surface area contributed by atoms with E-state index in [1.807, 2.05) is 25.2 Å². The summed E-state index contributed by atoms with van der Waals surface area (Å²) in [5.74, 6) is -2.79. The van der Waals surface area contributed by atoms with Crippen LogP contribution in [0.15, 0.2) is 85.1 Å². The minimum Gasteiger partial charge on any atom is -0.462 e. The molecule has 3 aliphatic heterocycles. The van der Waals surface area contributed by atoms with Crippen LogP contribution in [0.5, 0.6) is 0 Å². The van der Waals surface area contributed by atoms with Gasteiger partial charge in [0.25, 0.3) is 0 Å². The van der Waals surface area contributed by atoms with Crippen LogP contribution in [-0.2, 0) is 33.2 Å². The standard InChI is InChI=1S/C55H90FN3O18Si/c1-36-20-17-15-13-11-9-7-8-10-12-14-16-18-21-41(76-52-51(69)50(46(67)35-74-52)59-54(71)73-26-27-78(4,5)6)32-47-49(58-53(70)57-25-19-24-56)45(66)34-55(72-3,77-47)33-40(62)30-44(65)42(63)23-22-38(60)29-39(61)31-48(68)75-37(2)28-43(36)64/h7-18,20-21,36-47,49-52,60-67,69H,19,22-35H2,1-6H3,(H,59,71)(H2,57,58,70)/b8-7+,11-9+,12-10+,15-13+,16-14+,20-17+,21-18+/t36-,37-,38+,39+,40-,41-,42+,43-,44+,45-,46+,47-,49+,50-,51-,52-,55+/m0/s1. The molecule has 2 bridgehead atoms. The highest BCUT2D eigenvalue weighted by molar-refractivity contribution is 6.76. The largest absolute Gasteiger partial charge is 0.462 e. The van der Waals surface area contributed by atoms with Gasteiger partial charge in [-0.2, -0.15) is 0 Å². The Hall–Kier alpha value is -4.18. The average Bonchev–Trinajstić information content (AvgIpc) is 3.35. The number of fused-ring (bicyclic) bond motifs is 2. The summed E-state index contributed by atoms with van der Waals surface area (Å²) in [4.78, 5) is 38.6. The molecule has 3 aliphatic rings. The van der Waals surface area contributed by atoms with E-state index < -0.39 is 143 Å². The van der Waals surface area contributed by atoms with E-state index in [4.69, 9.17) is 28.4 Å². The zero-order valence-corrected chi connectivity index (χ0v) is 47.0. The lowest BCUT2D eigenvalue weighted by molar-refractivity contribution is -0.309. The molecule has 0 spiro atoms. The Balaban J connectivity index is 1.98. The van der Waals surface area contributed by atoms with Crippen molar-refractivity contribution in [2.75, 3.05) is 33.5 Å². The number of urea groups is 1. The molecule has 3 amide bonds. The fraction of sp³-hybridized carbons (Fsp3) is 0.691. The molecule has 2 fully saturated rings. The van der Waals surface area contributed by atoms with E-state index >= 15 is 0 Å². The van der Waals surface area contributed by atoms with E-state index in [1.165, 1.54) is 7.11 Å². The fourth-order valence-corrected chi connectivity index (χ4v) is 9.52. The number of allylic oxidation sites excluding steroid dienone is 12. The van der Waals surface area contributed by atoms with Crippen molar-refractivity contribution >= 4 is 26.2 Å². The molecule has 3 heterocycles. The van der Waals surface area contributed by atoms with Gasteiger partial charge in [0.15, 0.2) is 12.1 Å². The third kappa shape index (κ3) is 26.4. The van der Waals surface area contributed by atoms with E-state index in [9.17, 15) is 64.7 Å². The maximum atomic E-state index is 13.2. The van der Waals surface area contributed by atoms with E-state index in [2.05, 4.69) is 35.6 Å². The number of rotatable bonds is 11. The number of halogens is 1. The number of cyclic esters (lactones) is 1. The van der Waals surface area contributed by atoms with Gasteiger partial charge in [0.1, 0.15) is 18.3 Å². The molecule has 78 heavy (non-hydrogen) atoms. The quantitative estimate of drug-likeness (QED) is 0.0803. The number of hydrogen-bond donors (Lipinski definition) is 12. The second-order valence-electron chi connectivity index (χ2n) is 21.5. The van der Waals surface area contributed by atoms with Gasteiger partial charge < -0.3 is 90.3 Å².